The largest absolute Gasteiger partial charge is 0.398 e. The highest BCUT2D eigenvalue weighted by molar-refractivity contribution is 9.10. The Morgan fingerprint density at radius 1 is 1.10 bits per heavy atom. The van der Waals surface area contributed by atoms with Crippen LogP contribution in [0.25, 0.3) is 0 Å². The fourth-order valence-corrected chi connectivity index (χ4v) is 2.31. The van der Waals surface area contributed by atoms with E-state index >= 15 is 0 Å². The number of rotatable bonds is 2. The van der Waals surface area contributed by atoms with Crippen molar-refractivity contribution >= 4 is 27.4 Å². The van der Waals surface area contributed by atoms with Gasteiger partial charge >= 0.3 is 0 Å². The van der Waals surface area contributed by atoms with Crippen LogP contribution in [-0.2, 0) is 0 Å². The number of carbonyl (C=O) groups is 1. The summed E-state index contributed by atoms with van der Waals surface area (Å²) in [6.45, 7) is 1.56. The van der Waals surface area contributed by atoms with Crippen molar-refractivity contribution in [1.29, 1.82) is 0 Å². The van der Waals surface area contributed by atoms with E-state index in [0.29, 0.717) is 27.9 Å². The SMILES string of the molecule is Cc1c(N)cc(Br)cc1C(=O)c1c(F)cc(F)cc1F. The molecule has 2 nitrogen and oxygen atoms in total. The molecule has 0 fully saturated rings. The minimum Gasteiger partial charge on any atom is -0.398 e. The van der Waals surface area contributed by atoms with Gasteiger partial charge < -0.3 is 5.73 Å². The molecule has 6 heteroatoms. The molecule has 0 atom stereocenters. The molecule has 0 aromatic heterocycles. The van der Waals surface area contributed by atoms with E-state index in [0.717, 1.165) is 0 Å². The van der Waals surface area contributed by atoms with Crippen LogP contribution >= 0.6 is 15.9 Å². The van der Waals surface area contributed by atoms with Crippen LogP contribution in [-0.4, -0.2) is 5.78 Å². The highest BCUT2D eigenvalue weighted by Gasteiger charge is 2.22. The van der Waals surface area contributed by atoms with Crippen molar-refractivity contribution in [3.63, 3.8) is 0 Å². The lowest BCUT2D eigenvalue weighted by molar-refractivity contribution is 0.103. The molecule has 0 aliphatic rings. The Hall–Kier alpha value is -1.82. The molecule has 2 aromatic carbocycles. The molecule has 0 aliphatic heterocycles. The zero-order valence-electron chi connectivity index (χ0n) is 10.3. The molecular formula is C14H9BrF3NO. The Morgan fingerprint density at radius 2 is 1.65 bits per heavy atom. The van der Waals surface area contributed by atoms with Crippen molar-refractivity contribution in [2.45, 2.75) is 6.92 Å². The van der Waals surface area contributed by atoms with Crippen molar-refractivity contribution in [3.8, 4) is 0 Å². The van der Waals surface area contributed by atoms with Gasteiger partial charge in [-0.15, -0.1) is 0 Å². The monoisotopic (exact) mass is 343 g/mol. The maximum Gasteiger partial charge on any atom is 0.199 e. The van der Waals surface area contributed by atoms with Gasteiger partial charge in [0.25, 0.3) is 0 Å². The van der Waals surface area contributed by atoms with E-state index in [4.69, 9.17) is 5.73 Å². The predicted octanol–water partition coefficient (Wildman–Crippen LogP) is 3.99. The van der Waals surface area contributed by atoms with Gasteiger partial charge in [0.15, 0.2) is 5.78 Å². The Labute approximate surface area is 121 Å². The van der Waals surface area contributed by atoms with Gasteiger partial charge in [0.1, 0.15) is 17.5 Å². The highest BCUT2D eigenvalue weighted by atomic mass is 79.9. The summed E-state index contributed by atoms with van der Waals surface area (Å²) >= 11 is 3.16. The molecule has 0 bridgehead atoms. The first-order chi connectivity index (χ1) is 9.31. The quantitative estimate of drug-likeness (QED) is 0.661. The molecule has 104 valence electrons. The fourth-order valence-electron chi connectivity index (χ4n) is 1.83. The molecule has 20 heavy (non-hydrogen) atoms. The lowest BCUT2D eigenvalue weighted by Gasteiger charge is -2.10. The minimum atomic E-state index is -1.24. The van der Waals surface area contributed by atoms with E-state index in [9.17, 15) is 18.0 Å². The molecule has 0 spiro atoms. The van der Waals surface area contributed by atoms with Gasteiger partial charge in [-0.1, -0.05) is 15.9 Å². The van der Waals surface area contributed by atoms with E-state index < -0.39 is 28.8 Å². The second-order valence-electron chi connectivity index (χ2n) is 4.24. The van der Waals surface area contributed by atoms with Crippen LogP contribution in [0.5, 0.6) is 0 Å². The normalized spacial score (nSPS) is 10.7. The number of anilines is 1. The molecule has 0 heterocycles. The average molecular weight is 344 g/mol. The molecule has 2 rings (SSSR count). The lowest BCUT2D eigenvalue weighted by Crippen LogP contribution is -2.11. The highest BCUT2D eigenvalue weighted by Crippen LogP contribution is 2.27. The third kappa shape index (κ3) is 2.56. The van der Waals surface area contributed by atoms with Crippen LogP contribution in [0.3, 0.4) is 0 Å². The van der Waals surface area contributed by atoms with Gasteiger partial charge in [-0.25, -0.2) is 13.2 Å². The molecule has 0 saturated carbocycles. The summed E-state index contributed by atoms with van der Waals surface area (Å²) in [6, 6.07) is 3.92. The summed E-state index contributed by atoms with van der Waals surface area (Å²) in [5.41, 5.74) is 5.68. The Bertz CT molecular complexity index is 693. The van der Waals surface area contributed by atoms with Crippen molar-refractivity contribution in [1.82, 2.24) is 0 Å². The van der Waals surface area contributed by atoms with Crippen molar-refractivity contribution < 1.29 is 18.0 Å². The van der Waals surface area contributed by atoms with E-state index in [-0.39, 0.29) is 5.56 Å². The average Bonchev–Trinajstić information content (AvgIpc) is 2.32. The first-order valence-corrected chi connectivity index (χ1v) is 6.35. The van der Waals surface area contributed by atoms with Gasteiger partial charge in [-0.3, -0.25) is 4.79 Å². The minimum absolute atomic E-state index is 0.0567. The third-order valence-electron chi connectivity index (χ3n) is 2.89. The Balaban J connectivity index is 2.64. The predicted molar refractivity (Wildman–Crippen MR) is 73.0 cm³/mol. The summed E-state index contributed by atoms with van der Waals surface area (Å²) in [5.74, 6) is -4.46. The second kappa shape index (κ2) is 5.28. The van der Waals surface area contributed by atoms with E-state index in [1.54, 1.807) is 13.0 Å². The van der Waals surface area contributed by atoms with Gasteiger partial charge in [-0.2, -0.15) is 0 Å². The van der Waals surface area contributed by atoms with Crippen LogP contribution in [0.2, 0.25) is 0 Å². The molecule has 0 radical (unpaired) electrons. The molecule has 2 aromatic rings. The summed E-state index contributed by atoms with van der Waals surface area (Å²) < 4.78 is 40.6. The maximum atomic E-state index is 13.6. The lowest BCUT2D eigenvalue weighted by atomic mass is 9.97. The molecule has 0 amide bonds. The smallest absolute Gasteiger partial charge is 0.199 e. The first-order valence-electron chi connectivity index (χ1n) is 5.56. The van der Waals surface area contributed by atoms with Crippen LogP contribution < -0.4 is 5.73 Å². The Kier molecular flexibility index (Phi) is 3.85. The van der Waals surface area contributed by atoms with Crippen molar-refractivity contribution in [3.05, 3.63) is 62.9 Å². The maximum absolute atomic E-state index is 13.6. The molecule has 2 N–H and O–H groups in total. The number of carbonyl (C=O) groups excluding carboxylic acids is 1. The summed E-state index contributed by atoms with van der Waals surface area (Å²) in [6.07, 6.45) is 0. The van der Waals surface area contributed by atoms with Gasteiger partial charge in [-0.05, 0) is 24.6 Å². The number of hydrogen-bond donors (Lipinski definition) is 1. The number of hydrogen-bond acceptors (Lipinski definition) is 2. The summed E-state index contributed by atoms with van der Waals surface area (Å²) in [7, 11) is 0. The van der Waals surface area contributed by atoms with Gasteiger partial charge in [0.2, 0.25) is 0 Å². The molecule has 0 aliphatic carbocycles. The van der Waals surface area contributed by atoms with Crippen LogP contribution in [0.15, 0.2) is 28.7 Å². The van der Waals surface area contributed by atoms with Gasteiger partial charge in [0, 0.05) is 27.9 Å². The van der Waals surface area contributed by atoms with Crippen LogP contribution in [0.4, 0.5) is 18.9 Å². The van der Waals surface area contributed by atoms with Crippen molar-refractivity contribution in [2.75, 3.05) is 5.73 Å². The topological polar surface area (TPSA) is 43.1 Å². The summed E-state index contributed by atoms with van der Waals surface area (Å²) in [5, 5.41) is 0. The van der Waals surface area contributed by atoms with Crippen LogP contribution in [0.1, 0.15) is 21.5 Å². The van der Waals surface area contributed by atoms with Gasteiger partial charge in [0.05, 0.1) is 5.56 Å². The van der Waals surface area contributed by atoms with E-state index in [1.165, 1.54) is 6.07 Å². The second-order valence-corrected chi connectivity index (χ2v) is 5.16. The Morgan fingerprint density at radius 3 is 2.20 bits per heavy atom. The first kappa shape index (κ1) is 14.6. The number of nitrogen functional groups attached to an aromatic ring is 1. The number of benzene rings is 2. The third-order valence-corrected chi connectivity index (χ3v) is 3.35. The summed E-state index contributed by atoms with van der Waals surface area (Å²) in [4.78, 5) is 12.2. The standard InChI is InChI=1S/C14H9BrF3NO/c1-6-9(2-7(15)3-12(6)19)14(20)13-10(17)4-8(16)5-11(13)18/h2-5H,19H2,1H3. The van der Waals surface area contributed by atoms with E-state index in [2.05, 4.69) is 15.9 Å². The zero-order chi connectivity index (χ0) is 15.0. The van der Waals surface area contributed by atoms with Crippen molar-refractivity contribution in [2.24, 2.45) is 0 Å². The molecular weight excluding hydrogens is 335 g/mol. The zero-order valence-corrected chi connectivity index (χ0v) is 11.9. The van der Waals surface area contributed by atoms with Crippen LogP contribution in [0, 0.1) is 24.4 Å². The number of ketones is 1. The molecule has 0 unspecified atom stereocenters. The molecule has 0 saturated heterocycles. The number of nitrogens with two attached hydrogens (primary N) is 1. The number of halogens is 4. The van der Waals surface area contributed by atoms with E-state index in [1.807, 2.05) is 0 Å². The fraction of sp³-hybridized carbons (Fsp3) is 0.0714.